The predicted octanol–water partition coefficient (Wildman–Crippen LogP) is 4.68. The molecule has 106 valence electrons. The largest absolute Gasteiger partial charge is 0.504 e. The molecule has 3 N–H and O–H groups in total. The summed E-state index contributed by atoms with van der Waals surface area (Å²) in [4.78, 5) is 0. The molecule has 1 aromatic heterocycles. The van der Waals surface area contributed by atoms with Gasteiger partial charge in [-0.1, -0.05) is 31.9 Å². The Morgan fingerprint density at radius 2 is 1.52 bits per heavy atom. The van der Waals surface area contributed by atoms with Crippen LogP contribution in [-0.2, 0) is 0 Å². The van der Waals surface area contributed by atoms with E-state index >= 15 is 0 Å². The Hall–Kier alpha value is -1.79. The number of hydrogen-bond donors (Lipinski definition) is 3. The smallest absolute Gasteiger partial charge is 0.158 e. The molecule has 2 aromatic carbocycles. The third-order valence-corrected chi connectivity index (χ3v) is 3.94. The summed E-state index contributed by atoms with van der Waals surface area (Å²) in [5.41, 5.74) is 3.26. The van der Waals surface area contributed by atoms with Gasteiger partial charge in [0, 0.05) is 20.1 Å². The lowest BCUT2D eigenvalue weighted by Gasteiger charge is -2.00. The van der Waals surface area contributed by atoms with Gasteiger partial charge in [-0.25, -0.2) is 0 Å². The first-order valence-electron chi connectivity index (χ1n) is 6.07. The second-order valence-corrected chi connectivity index (χ2v) is 6.36. The molecule has 0 amide bonds. The number of benzene rings is 2. The van der Waals surface area contributed by atoms with Crippen LogP contribution in [0.3, 0.4) is 0 Å². The lowest BCUT2D eigenvalue weighted by atomic mass is 10.1. The van der Waals surface area contributed by atoms with E-state index in [9.17, 15) is 10.2 Å². The SMILES string of the molecule is Oc1ccc(-c2cc(-c3cc(Br)cc(Br)c3)n[nH]2)cc1O. The molecule has 0 unspecified atom stereocenters. The number of aromatic nitrogens is 2. The molecule has 0 aliphatic heterocycles. The van der Waals surface area contributed by atoms with Crippen LogP contribution in [0.25, 0.3) is 22.5 Å². The Morgan fingerprint density at radius 1 is 0.810 bits per heavy atom. The minimum atomic E-state index is -0.158. The quantitative estimate of drug-likeness (QED) is 0.538. The Balaban J connectivity index is 2.01. The second-order valence-electron chi connectivity index (χ2n) is 4.53. The van der Waals surface area contributed by atoms with Crippen molar-refractivity contribution >= 4 is 31.9 Å². The summed E-state index contributed by atoms with van der Waals surface area (Å²) in [7, 11) is 0. The highest BCUT2D eigenvalue weighted by Gasteiger charge is 2.09. The van der Waals surface area contributed by atoms with Crippen molar-refractivity contribution in [3.8, 4) is 34.0 Å². The van der Waals surface area contributed by atoms with Gasteiger partial charge in [0.2, 0.25) is 0 Å². The zero-order valence-corrected chi connectivity index (χ0v) is 13.8. The summed E-state index contributed by atoms with van der Waals surface area (Å²) in [6.45, 7) is 0. The number of halogens is 2. The number of hydrogen-bond acceptors (Lipinski definition) is 3. The Morgan fingerprint density at radius 3 is 2.19 bits per heavy atom. The number of phenolic OH excluding ortho intramolecular Hbond substituents is 2. The molecular formula is C15H10Br2N2O2. The van der Waals surface area contributed by atoms with Crippen LogP contribution in [0.15, 0.2) is 51.4 Å². The van der Waals surface area contributed by atoms with E-state index in [4.69, 9.17) is 0 Å². The van der Waals surface area contributed by atoms with Gasteiger partial charge in [-0.3, -0.25) is 5.10 Å². The standard InChI is InChI=1S/C15H10Br2N2O2/c16-10-3-9(4-11(17)6-10)13-7-12(18-19-13)8-1-2-14(20)15(21)5-8/h1-7,20-21H,(H,18,19). The molecule has 3 aromatic rings. The summed E-state index contributed by atoms with van der Waals surface area (Å²) in [5.74, 6) is -0.303. The molecule has 0 saturated carbocycles. The van der Waals surface area contributed by atoms with Crippen LogP contribution in [-0.4, -0.2) is 20.4 Å². The first-order valence-corrected chi connectivity index (χ1v) is 7.66. The van der Waals surface area contributed by atoms with Crippen LogP contribution in [0.2, 0.25) is 0 Å². The molecule has 6 heteroatoms. The van der Waals surface area contributed by atoms with Gasteiger partial charge in [-0.15, -0.1) is 0 Å². The predicted molar refractivity (Wildman–Crippen MR) is 88.2 cm³/mol. The number of phenols is 2. The van der Waals surface area contributed by atoms with Gasteiger partial charge in [-0.2, -0.15) is 5.10 Å². The lowest BCUT2D eigenvalue weighted by Crippen LogP contribution is -1.78. The van der Waals surface area contributed by atoms with E-state index in [1.807, 2.05) is 24.3 Å². The van der Waals surface area contributed by atoms with Crippen LogP contribution in [0, 0.1) is 0 Å². The number of aromatic amines is 1. The first-order chi connectivity index (χ1) is 10.0. The van der Waals surface area contributed by atoms with E-state index < -0.39 is 0 Å². The zero-order chi connectivity index (χ0) is 15.0. The minimum absolute atomic E-state index is 0.144. The van der Waals surface area contributed by atoms with Gasteiger partial charge >= 0.3 is 0 Å². The number of H-pyrrole nitrogens is 1. The van der Waals surface area contributed by atoms with Crippen LogP contribution in [0.5, 0.6) is 11.5 Å². The summed E-state index contributed by atoms with van der Waals surface area (Å²) < 4.78 is 1.91. The third-order valence-electron chi connectivity index (χ3n) is 3.02. The van der Waals surface area contributed by atoms with E-state index in [2.05, 4.69) is 42.1 Å². The number of rotatable bonds is 2. The fourth-order valence-electron chi connectivity index (χ4n) is 2.01. The minimum Gasteiger partial charge on any atom is -0.504 e. The Labute approximate surface area is 137 Å². The number of aromatic hydroxyl groups is 2. The third kappa shape index (κ3) is 2.96. The highest BCUT2D eigenvalue weighted by Crippen LogP contribution is 2.32. The maximum atomic E-state index is 9.56. The van der Waals surface area contributed by atoms with Gasteiger partial charge < -0.3 is 10.2 Å². The van der Waals surface area contributed by atoms with Crippen LogP contribution < -0.4 is 0 Å². The Bertz CT molecular complexity index is 795. The average molecular weight is 410 g/mol. The molecule has 0 aliphatic rings. The summed E-state index contributed by atoms with van der Waals surface area (Å²) in [5, 5.41) is 26.1. The van der Waals surface area contributed by atoms with Crippen molar-refractivity contribution in [3.05, 3.63) is 51.4 Å². The van der Waals surface area contributed by atoms with Crippen molar-refractivity contribution in [2.45, 2.75) is 0 Å². The van der Waals surface area contributed by atoms with Crippen LogP contribution in [0.4, 0.5) is 0 Å². The van der Waals surface area contributed by atoms with Crippen LogP contribution >= 0.6 is 31.9 Å². The monoisotopic (exact) mass is 408 g/mol. The fraction of sp³-hybridized carbons (Fsp3) is 0. The molecule has 0 bridgehead atoms. The molecule has 0 atom stereocenters. The van der Waals surface area contributed by atoms with E-state index in [1.54, 1.807) is 6.07 Å². The molecule has 0 fully saturated rings. The van der Waals surface area contributed by atoms with Crippen molar-refractivity contribution < 1.29 is 10.2 Å². The van der Waals surface area contributed by atoms with Crippen molar-refractivity contribution in [1.29, 1.82) is 0 Å². The van der Waals surface area contributed by atoms with Gasteiger partial charge in [0.15, 0.2) is 11.5 Å². The van der Waals surface area contributed by atoms with E-state index in [-0.39, 0.29) is 11.5 Å². The normalized spacial score (nSPS) is 10.8. The zero-order valence-electron chi connectivity index (χ0n) is 10.6. The molecule has 0 spiro atoms. The number of nitrogens with one attached hydrogen (secondary N) is 1. The summed E-state index contributed by atoms with van der Waals surface area (Å²) in [6, 6.07) is 12.4. The molecule has 1 heterocycles. The average Bonchev–Trinajstić information content (AvgIpc) is 2.90. The molecule has 0 radical (unpaired) electrons. The second kappa shape index (κ2) is 5.54. The summed E-state index contributed by atoms with van der Waals surface area (Å²) >= 11 is 6.90. The highest BCUT2D eigenvalue weighted by atomic mass is 79.9. The van der Waals surface area contributed by atoms with Gasteiger partial charge in [0.1, 0.15) is 0 Å². The molecule has 3 rings (SSSR count). The van der Waals surface area contributed by atoms with Gasteiger partial charge in [-0.05, 0) is 42.5 Å². The molecular weight excluding hydrogens is 400 g/mol. The fourth-order valence-corrected chi connectivity index (χ4v) is 3.30. The van der Waals surface area contributed by atoms with Crippen molar-refractivity contribution in [2.24, 2.45) is 0 Å². The number of nitrogens with zero attached hydrogens (tertiary/aromatic N) is 1. The van der Waals surface area contributed by atoms with E-state index in [0.717, 1.165) is 31.5 Å². The Kier molecular flexibility index (Phi) is 3.73. The van der Waals surface area contributed by atoms with Crippen molar-refractivity contribution in [3.63, 3.8) is 0 Å². The topological polar surface area (TPSA) is 69.1 Å². The van der Waals surface area contributed by atoms with E-state index in [0.29, 0.717) is 0 Å². The lowest BCUT2D eigenvalue weighted by molar-refractivity contribution is 0.404. The molecule has 0 saturated heterocycles. The molecule has 0 aliphatic carbocycles. The highest BCUT2D eigenvalue weighted by molar-refractivity contribution is 9.11. The van der Waals surface area contributed by atoms with Gasteiger partial charge in [0.05, 0.1) is 11.4 Å². The molecule has 4 nitrogen and oxygen atoms in total. The van der Waals surface area contributed by atoms with Crippen LogP contribution in [0.1, 0.15) is 0 Å². The van der Waals surface area contributed by atoms with Crippen molar-refractivity contribution in [1.82, 2.24) is 10.2 Å². The van der Waals surface area contributed by atoms with E-state index in [1.165, 1.54) is 12.1 Å². The molecule has 21 heavy (non-hydrogen) atoms. The van der Waals surface area contributed by atoms with Gasteiger partial charge in [0.25, 0.3) is 0 Å². The summed E-state index contributed by atoms with van der Waals surface area (Å²) in [6.07, 6.45) is 0. The maximum absolute atomic E-state index is 9.56. The maximum Gasteiger partial charge on any atom is 0.158 e. The first kappa shape index (κ1) is 14.2. The van der Waals surface area contributed by atoms with Crippen molar-refractivity contribution in [2.75, 3.05) is 0 Å².